The van der Waals surface area contributed by atoms with Gasteiger partial charge in [-0.2, -0.15) is 4.98 Å². The van der Waals surface area contributed by atoms with Gasteiger partial charge >= 0.3 is 0 Å². The summed E-state index contributed by atoms with van der Waals surface area (Å²) in [6.45, 7) is 12.1. The largest absolute Gasteiger partial charge is 0.356 e. The minimum absolute atomic E-state index is 0.397. The Bertz CT molecular complexity index is 470. The third-order valence-electron chi connectivity index (χ3n) is 4.31. The maximum atomic E-state index is 4.67. The molecule has 0 spiro atoms. The van der Waals surface area contributed by atoms with Crippen LogP contribution in [0.3, 0.4) is 0 Å². The van der Waals surface area contributed by atoms with Gasteiger partial charge in [0.15, 0.2) is 0 Å². The quantitative estimate of drug-likeness (QED) is 0.877. The van der Waals surface area contributed by atoms with Crippen molar-refractivity contribution in [2.24, 2.45) is 11.3 Å². The summed E-state index contributed by atoms with van der Waals surface area (Å²) in [6.07, 6.45) is 5.63. The minimum atomic E-state index is 0.397. The van der Waals surface area contributed by atoms with E-state index in [0.29, 0.717) is 11.4 Å². The Hall–Kier alpha value is -0.840. The second kappa shape index (κ2) is 6.95. The zero-order valence-corrected chi connectivity index (χ0v) is 15.2. The first-order valence-corrected chi connectivity index (χ1v) is 8.72. The van der Waals surface area contributed by atoms with Gasteiger partial charge in [0, 0.05) is 25.8 Å². The summed E-state index contributed by atoms with van der Waals surface area (Å²) < 4.78 is 0.985. The topological polar surface area (TPSA) is 41.1 Å². The van der Waals surface area contributed by atoms with Gasteiger partial charge in [0.05, 0.1) is 4.47 Å². The number of nitrogens with zero attached hydrogens (tertiary/aromatic N) is 3. The van der Waals surface area contributed by atoms with Crippen LogP contribution in [0, 0.1) is 11.3 Å². The van der Waals surface area contributed by atoms with Crippen LogP contribution < -0.4 is 10.2 Å². The Morgan fingerprint density at radius 2 is 2.10 bits per heavy atom. The Morgan fingerprint density at radius 1 is 1.33 bits per heavy atom. The summed E-state index contributed by atoms with van der Waals surface area (Å²) in [5.74, 6) is 2.53. The van der Waals surface area contributed by atoms with Crippen LogP contribution in [0.2, 0.25) is 0 Å². The number of aromatic nitrogens is 2. The fourth-order valence-electron chi connectivity index (χ4n) is 3.00. The smallest absolute Gasteiger partial charge is 0.224 e. The minimum Gasteiger partial charge on any atom is -0.356 e. The molecule has 1 N–H and O–H groups in total. The molecule has 1 aliphatic heterocycles. The average Bonchev–Trinajstić information content (AvgIpc) is 2.66. The second-order valence-electron chi connectivity index (χ2n) is 6.88. The highest BCUT2D eigenvalue weighted by atomic mass is 79.9. The van der Waals surface area contributed by atoms with Crippen LogP contribution in [0.1, 0.15) is 47.0 Å². The third-order valence-corrected chi connectivity index (χ3v) is 4.87. The van der Waals surface area contributed by atoms with Crippen LogP contribution >= 0.6 is 15.9 Å². The summed E-state index contributed by atoms with van der Waals surface area (Å²) in [5.41, 5.74) is 0.397. The van der Waals surface area contributed by atoms with Gasteiger partial charge in [0.1, 0.15) is 5.82 Å². The predicted molar refractivity (Wildman–Crippen MR) is 92.9 cm³/mol. The number of nitrogens with one attached hydrogen (secondary N) is 1. The lowest BCUT2D eigenvalue weighted by atomic mass is 9.77. The summed E-state index contributed by atoms with van der Waals surface area (Å²) in [7, 11) is 0. The highest BCUT2D eigenvalue weighted by Gasteiger charge is 2.28. The van der Waals surface area contributed by atoms with Gasteiger partial charge in [-0.05, 0) is 53.4 Å². The van der Waals surface area contributed by atoms with E-state index in [1.54, 1.807) is 0 Å². The van der Waals surface area contributed by atoms with Crippen LogP contribution in [0.25, 0.3) is 0 Å². The zero-order chi connectivity index (χ0) is 15.5. The molecule has 2 rings (SSSR count). The van der Waals surface area contributed by atoms with Gasteiger partial charge in [-0.3, -0.25) is 0 Å². The van der Waals surface area contributed by atoms with Crippen LogP contribution in [-0.2, 0) is 0 Å². The van der Waals surface area contributed by atoms with Gasteiger partial charge in [-0.25, -0.2) is 4.98 Å². The van der Waals surface area contributed by atoms with E-state index in [2.05, 4.69) is 63.8 Å². The lowest BCUT2D eigenvalue weighted by Gasteiger charge is -2.30. The predicted octanol–water partition coefficient (Wildman–Crippen LogP) is 4.32. The van der Waals surface area contributed by atoms with Crippen LogP contribution in [-0.4, -0.2) is 29.6 Å². The van der Waals surface area contributed by atoms with E-state index in [9.17, 15) is 0 Å². The van der Waals surface area contributed by atoms with Gasteiger partial charge in [-0.1, -0.05) is 20.8 Å². The van der Waals surface area contributed by atoms with E-state index >= 15 is 0 Å². The molecular weight excluding hydrogens is 328 g/mol. The van der Waals surface area contributed by atoms with Crippen molar-refractivity contribution in [1.82, 2.24) is 9.97 Å². The molecule has 1 unspecified atom stereocenters. The second-order valence-corrected chi connectivity index (χ2v) is 7.73. The molecule has 0 amide bonds. The summed E-state index contributed by atoms with van der Waals surface area (Å²) >= 11 is 3.60. The number of hydrogen-bond donors (Lipinski definition) is 1. The first-order chi connectivity index (χ1) is 9.91. The van der Waals surface area contributed by atoms with Gasteiger partial charge in [-0.15, -0.1) is 0 Å². The van der Waals surface area contributed by atoms with Crippen LogP contribution in [0.4, 0.5) is 11.8 Å². The Kier molecular flexibility index (Phi) is 5.47. The van der Waals surface area contributed by atoms with Crippen molar-refractivity contribution in [2.45, 2.75) is 47.0 Å². The Labute approximate surface area is 136 Å². The van der Waals surface area contributed by atoms with E-state index in [-0.39, 0.29) is 0 Å². The lowest BCUT2D eigenvalue weighted by Crippen LogP contribution is -2.27. The molecule has 0 aromatic carbocycles. The maximum Gasteiger partial charge on any atom is 0.224 e. The zero-order valence-electron chi connectivity index (χ0n) is 13.6. The van der Waals surface area contributed by atoms with E-state index in [1.165, 1.54) is 19.3 Å². The molecule has 1 fully saturated rings. The van der Waals surface area contributed by atoms with E-state index < -0.39 is 0 Å². The van der Waals surface area contributed by atoms with Gasteiger partial charge in [0.25, 0.3) is 0 Å². The fraction of sp³-hybridized carbons (Fsp3) is 0.750. The molecular formula is C16H27BrN4. The molecule has 0 aliphatic carbocycles. The molecule has 0 radical (unpaired) electrons. The first kappa shape index (κ1) is 16.5. The fourth-order valence-corrected chi connectivity index (χ4v) is 3.44. The first-order valence-electron chi connectivity index (χ1n) is 7.93. The molecule has 1 atom stereocenters. The molecule has 4 nitrogen and oxygen atoms in total. The maximum absolute atomic E-state index is 4.67. The molecule has 1 saturated heterocycles. The van der Waals surface area contributed by atoms with E-state index in [0.717, 1.165) is 35.8 Å². The molecule has 0 saturated carbocycles. The number of halogens is 1. The van der Waals surface area contributed by atoms with Crippen molar-refractivity contribution in [3.8, 4) is 0 Å². The molecule has 1 aliphatic rings. The monoisotopic (exact) mass is 354 g/mol. The van der Waals surface area contributed by atoms with Crippen molar-refractivity contribution in [3.05, 3.63) is 10.7 Å². The van der Waals surface area contributed by atoms with Crippen LogP contribution in [0.15, 0.2) is 10.7 Å². The molecule has 2 heterocycles. The highest BCUT2D eigenvalue weighted by molar-refractivity contribution is 9.10. The van der Waals surface area contributed by atoms with E-state index in [4.69, 9.17) is 0 Å². The molecule has 118 valence electrons. The average molecular weight is 355 g/mol. The van der Waals surface area contributed by atoms with Crippen molar-refractivity contribution < 1.29 is 0 Å². The summed E-state index contributed by atoms with van der Waals surface area (Å²) in [6, 6.07) is 0. The Morgan fingerprint density at radius 3 is 2.76 bits per heavy atom. The molecule has 1 aromatic rings. The van der Waals surface area contributed by atoms with Crippen molar-refractivity contribution in [2.75, 3.05) is 29.9 Å². The molecule has 21 heavy (non-hydrogen) atoms. The number of anilines is 2. The van der Waals surface area contributed by atoms with Gasteiger partial charge < -0.3 is 10.2 Å². The Balaban J connectivity index is 2.13. The SMILES string of the molecule is CCNc1ncc(Br)c(N2CCCC(C(C)(C)C)CC2)n1. The highest BCUT2D eigenvalue weighted by Crippen LogP contribution is 2.36. The normalized spacial score (nSPS) is 20.2. The molecule has 0 bridgehead atoms. The standard InChI is InChI=1S/C16H27BrN4/c1-5-18-15-19-11-13(17)14(20-15)21-9-6-7-12(8-10-21)16(2,3)4/h11-12H,5-10H2,1-4H3,(H,18,19,20). The van der Waals surface area contributed by atoms with Crippen LogP contribution in [0.5, 0.6) is 0 Å². The molecule has 1 aromatic heterocycles. The summed E-state index contributed by atoms with van der Waals surface area (Å²) in [5, 5.41) is 3.19. The summed E-state index contributed by atoms with van der Waals surface area (Å²) in [4.78, 5) is 11.4. The third kappa shape index (κ3) is 4.31. The van der Waals surface area contributed by atoms with Gasteiger partial charge in [0.2, 0.25) is 5.95 Å². The number of hydrogen-bond acceptors (Lipinski definition) is 4. The van der Waals surface area contributed by atoms with Crippen molar-refractivity contribution >= 4 is 27.7 Å². The lowest BCUT2D eigenvalue weighted by molar-refractivity contribution is 0.220. The number of rotatable bonds is 3. The van der Waals surface area contributed by atoms with Crippen molar-refractivity contribution in [1.29, 1.82) is 0 Å². The van der Waals surface area contributed by atoms with Crippen molar-refractivity contribution in [3.63, 3.8) is 0 Å². The molecule has 5 heteroatoms. The van der Waals surface area contributed by atoms with E-state index in [1.807, 2.05) is 6.20 Å².